The smallest absolute Gasteiger partial charge is 0.178 e. The average molecular weight is 296 g/mol. The van der Waals surface area contributed by atoms with Gasteiger partial charge in [0.25, 0.3) is 0 Å². The summed E-state index contributed by atoms with van der Waals surface area (Å²) < 4.78 is 0. The molecule has 4 aliphatic rings. The predicted molar refractivity (Wildman–Crippen MR) is 90.3 cm³/mol. The standard InChI is InChI=1S/C21H28O/c1-4-14-6-8-18-17-7-5-15-13-16(22)9-11-21(15,3)19(17)10-12-20(14,18)2/h5,7,9,11,13-14,17-19H,4,6,8,10,12H2,1-3H3/t14-,17-,18-,19-,20+,21-/m0/s1. The molecule has 1 heteroatoms. The second-order valence-electron chi connectivity index (χ2n) is 8.49. The zero-order chi connectivity index (χ0) is 15.5. The SMILES string of the molecule is CC[C@H]1CC[C@H]2[C@@H]3C=CC4=CC(=O)C=C[C@]4(C)[C@H]3CC[C@]12C. The molecule has 0 radical (unpaired) electrons. The van der Waals surface area contributed by atoms with E-state index in [1.54, 1.807) is 6.08 Å². The van der Waals surface area contributed by atoms with Gasteiger partial charge >= 0.3 is 0 Å². The predicted octanol–water partition coefficient (Wildman–Crippen LogP) is 5.10. The lowest BCUT2D eigenvalue weighted by atomic mass is 9.49. The number of hydrogen-bond acceptors (Lipinski definition) is 1. The van der Waals surface area contributed by atoms with Crippen molar-refractivity contribution in [1.82, 2.24) is 0 Å². The van der Waals surface area contributed by atoms with E-state index < -0.39 is 0 Å². The molecule has 4 rings (SSSR count). The Morgan fingerprint density at radius 3 is 2.73 bits per heavy atom. The molecule has 0 spiro atoms. The average Bonchev–Trinajstić information content (AvgIpc) is 2.84. The first kappa shape index (κ1) is 14.5. The first-order valence-corrected chi connectivity index (χ1v) is 9.12. The molecule has 0 aromatic rings. The Hall–Kier alpha value is -1.11. The van der Waals surface area contributed by atoms with Crippen molar-refractivity contribution in [2.45, 2.75) is 52.9 Å². The number of carbonyl (C=O) groups excluding carboxylic acids is 1. The summed E-state index contributed by atoms with van der Waals surface area (Å²) in [6.45, 7) is 7.30. The summed E-state index contributed by atoms with van der Waals surface area (Å²) in [4.78, 5) is 11.7. The minimum atomic E-state index is 0.0823. The number of rotatable bonds is 1. The third kappa shape index (κ3) is 1.74. The van der Waals surface area contributed by atoms with Gasteiger partial charge in [-0.3, -0.25) is 4.79 Å². The summed E-state index contributed by atoms with van der Waals surface area (Å²) in [6, 6.07) is 0. The van der Waals surface area contributed by atoms with Crippen molar-refractivity contribution in [2.75, 3.05) is 0 Å². The van der Waals surface area contributed by atoms with E-state index in [-0.39, 0.29) is 11.2 Å². The second kappa shape index (κ2) is 4.69. The molecule has 0 amide bonds. The van der Waals surface area contributed by atoms with Crippen LogP contribution in [0.3, 0.4) is 0 Å². The fourth-order valence-corrected chi connectivity index (χ4v) is 6.43. The van der Waals surface area contributed by atoms with Gasteiger partial charge in [0, 0.05) is 5.41 Å². The van der Waals surface area contributed by atoms with E-state index >= 15 is 0 Å². The number of fused-ring (bicyclic) bond motifs is 5. The molecular formula is C21H28O. The zero-order valence-electron chi connectivity index (χ0n) is 14.1. The Bertz CT molecular complexity index is 595. The number of hydrogen-bond donors (Lipinski definition) is 0. The molecule has 1 nitrogen and oxygen atoms in total. The van der Waals surface area contributed by atoms with Gasteiger partial charge in [0.2, 0.25) is 0 Å². The molecule has 2 saturated carbocycles. The highest BCUT2D eigenvalue weighted by Crippen LogP contribution is 2.64. The second-order valence-corrected chi connectivity index (χ2v) is 8.49. The van der Waals surface area contributed by atoms with E-state index in [4.69, 9.17) is 0 Å². The Labute approximate surface area is 134 Å². The molecular weight excluding hydrogens is 268 g/mol. The molecule has 118 valence electrons. The lowest BCUT2D eigenvalue weighted by Gasteiger charge is -2.55. The van der Waals surface area contributed by atoms with Gasteiger partial charge in [-0.1, -0.05) is 45.4 Å². The van der Waals surface area contributed by atoms with Crippen molar-refractivity contribution in [3.63, 3.8) is 0 Å². The van der Waals surface area contributed by atoms with Gasteiger partial charge < -0.3 is 0 Å². The molecule has 0 N–H and O–H groups in total. The zero-order valence-corrected chi connectivity index (χ0v) is 14.1. The number of ketones is 1. The summed E-state index contributed by atoms with van der Waals surface area (Å²) in [5.74, 6) is 3.30. The summed E-state index contributed by atoms with van der Waals surface area (Å²) in [7, 11) is 0. The van der Waals surface area contributed by atoms with Crippen LogP contribution in [0.1, 0.15) is 52.9 Å². The van der Waals surface area contributed by atoms with Crippen LogP contribution in [0.4, 0.5) is 0 Å². The number of allylic oxidation sites excluding steroid dienone is 6. The van der Waals surface area contributed by atoms with Crippen LogP contribution in [-0.2, 0) is 4.79 Å². The van der Waals surface area contributed by atoms with E-state index in [9.17, 15) is 4.79 Å². The maximum Gasteiger partial charge on any atom is 0.178 e. The first-order valence-electron chi connectivity index (χ1n) is 9.12. The maximum atomic E-state index is 11.7. The summed E-state index contributed by atoms with van der Waals surface area (Å²) in [6.07, 6.45) is 17.5. The quantitative estimate of drug-likeness (QED) is 0.658. The van der Waals surface area contributed by atoms with Gasteiger partial charge in [-0.25, -0.2) is 0 Å². The van der Waals surface area contributed by atoms with Gasteiger partial charge in [0.15, 0.2) is 5.78 Å². The molecule has 0 aliphatic heterocycles. The van der Waals surface area contributed by atoms with Crippen LogP contribution in [0.25, 0.3) is 0 Å². The molecule has 4 aliphatic carbocycles. The molecule has 0 saturated heterocycles. The van der Waals surface area contributed by atoms with Crippen LogP contribution in [-0.4, -0.2) is 5.78 Å². The van der Waals surface area contributed by atoms with Crippen molar-refractivity contribution in [3.05, 3.63) is 36.0 Å². The highest BCUT2D eigenvalue weighted by atomic mass is 16.1. The highest BCUT2D eigenvalue weighted by Gasteiger charge is 2.56. The fraction of sp³-hybridized carbons (Fsp3) is 0.667. The van der Waals surface area contributed by atoms with E-state index in [2.05, 4.69) is 39.0 Å². The van der Waals surface area contributed by atoms with Crippen molar-refractivity contribution in [1.29, 1.82) is 0 Å². The van der Waals surface area contributed by atoms with E-state index in [0.717, 1.165) is 11.8 Å². The normalized spacial score (nSPS) is 49.4. The third-order valence-electron chi connectivity index (χ3n) is 7.80. The van der Waals surface area contributed by atoms with Gasteiger partial charge in [0.1, 0.15) is 0 Å². The minimum absolute atomic E-state index is 0.0823. The van der Waals surface area contributed by atoms with Crippen molar-refractivity contribution in [2.24, 2.45) is 34.5 Å². The summed E-state index contributed by atoms with van der Waals surface area (Å²) in [5, 5.41) is 0. The lowest BCUT2D eigenvalue weighted by Crippen LogP contribution is -2.47. The minimum Gasteiger partial charge on any atom is -0.290 e. The number of carbonyl (C=O) groups is 1. The van der Waals surface area contributed by atoms with Crippen LogP contribution in [0, 0.1) is 34.5 Å². The first-order chi connectivity index (χ1) is 10.5. The van der Waals surface area contributed by atoms with E-state index in [1.165, 1.54) is 37.7 Å². The lowest BCUT2D eigenvalue weighted by molar-refractivity contribution is -0.110. The summed E-state index contributed by atoms with van der Waals surface area (Å²) >= 11 is 0. The monoisotopic (exact) mass is 296 g/mol. The fourth-order valence-electron chi connectivity index (χ4n) is 6.43. The van der Waals surface area contributed by atoms with Crippen LogP contribution >= 0.6 is 0 Å². The van der Waals surface area contributed by atoms with Crippen molar-refractivity contribution >= 4 is 5.78 Å². The molecule has 0 unspecified atom stereocenters. The van der Waals surface area contributed by atoms with Crippen LogP contribution in [0.15, 0.2) is 36.0 Å². The molecule has 2 fully saturated rings. The molecule has 0 heterocycles. The Balaban J connectivity index is 1.74. The van der Waals surface area contributed by atoms with Gasteiger partial charge in [0.05, 0.1) is 0 Å². The van der Waals surface area contributed by atoms with E-state index in [1.807, 2.05) is 6.08 Å². The Morgan fingerprint density at radius 1 is 1.14 bits per heavy atom. The maximum absolute atomic E-state index is 11.7. The highest BCUT2D eigenvalue weighted by molar-refractivity contribution is 6.01. The van der Waals surface area contributed by atoms with Crippen molar-refractivity contribution in [3.8, 4) is 0 Å². The van der Waals surface area contributed by atoms with E-state index in [0.29, 0.717) is 17.3 Å². The molecule has 22 heavy (non-hydrogen) atoms. The topological polar surface area (TPSA) is 17.1 Å². The Morgan fingerprint density at radius 2 is 1.95 bits per heavy atom. The van der Waals surface area contributed by atoms with Crippen molar-refractivity contribution < 1.29 is 4.79 Å². The Kier molecular flexibility index (Phi) is 3.09. The van der Waals surface area contributed by atoms with Gasteiger partial charge in [-0.15, -0.1) is 0 Å². The van der Waals surface area contributed by atoms with Crippen LogP contribution < -0.4 is 0 Å². The molecule has 0 aromatic carbocycles. The van der Waals surface area contributed by atoms with Gasteiger partial charge in [-0.05, 0) is 72.5 Å². The molecule has 0 aromatic heterocycles. The molecule has 6 atom stereocenters. The van der Waals surface area contributed by atoms with Gasteiger partial charge in [-0.2, -0.15) is 0 Å². The van der Waals surface area contributed by atoms with Crippen LogP contribution in [0.2, 0.25) is 0 Å². The third-order valence-corrected chi connectivity index (χ3v) is 7.80. The molecule has 0 bridgehead atoms. The van der Waals surface area contributed by atoms with Crippen LogP contribution in [0.5, 0.6) is 0 Å². The largest absolute Gasteiger partial charge is 0.290 e. The summed E-state index contributed by atoms with van der Waals surface area (Å²) in [5.41, 5.74) is 1.88.